The predicted octanol–water partition coefficient (Wildman–Crippen LogP) is 2.30. The number of nitrogens with zero attached hydrogens (tertiary/aromatic N) is 1. The average molecular weight is 314 g/mol. The third kappa shape index (κ3) is 5.27. The molecule has 0 aliphatic rings. The summed E-state index contributed by atoms with van der Waals surface area (Å²) in [5.41, 5.74) is 0.692. The molecule has 1 amide bonds. The summed E-state index contributed by atoms with van der Waals surface area (Å²) in [7, 11) is 1.54. The summed E-state index contributed by atoms with van der Waals surface area (Å²) < 4.78 is 10.1. The number of amides is 1. The molecular weight excluding hydrogens is 294 g/mol. The molecule has 1 rings (SSSR count). The number of esters is 1. The molecular formula is C15H20ClNO4. The van der Waals surface area contributed by atoms with Crippen LogP contribution in [0.25, 0.3) is 0 Å². The fraction of sp³-hybridized carbons (Fsp3) is 0.467. The molecule has 0 aromatic heterocycles. The van der Waals surface area contributed by atoms with Gasteiger partial charge in [-0.2, -0.15) is 0 Å². The van der Waals surface area contributed by atoms with Gasteiger partial charge in [-0.05, 0) is 32.0 Å². The highest BCUT2D eigenvalue weighted by Crippen LogP contribution is 2.23. The van der Waals surface area contributed by atoms with Crippen molar-refractivity contribution in [3.8, 4) is 5.75 Å². The molecule has 0 N–H and O–H groups in total. The number of carbonyl (C=O) groups excluding carboxylic acids is 2. The van der Waals surface area contributed by atoms with Crippen molar-refractivity contribution < 1.29 is 19.1 Å². The highest BCUT2D eigenvalue weighted by Gasteiger charge is 2.18. The summed E-state index contributed by atoms with van der Waals surface area (Å²) in [5.74, 6) is 0.0109. The van der Waals surface area contributed by atoms with E-state index < -0.39 is 5.97 Å². The zero-order valence-corrected chi connectivity index (χ0v) is 13.3. The Bertz CT molecular complexity index is 504. The molecule has 0 fully saturated rings. The first-order valence-corrected chi connectivity index (χ1v) is 7.15. The maximum atomic E-state index is 12.3. The Morgan fingerprint density at radius 2 is 2.00 bits per heavy atom. The summed E-state index contributed by atoms with van der Waals surface area (Å²) in [4.78, 5) is 25.2. The average Bonchev–Trinajstić information content (AvgIpc) is 2.45. The van der Waals surface area contributed by atoms with Gasteiger partial charge in [0.15, 0.2) is 0 Å². The quantitative estimate of drug-likeness (QED) is 0.725. The lowest BCUT2D eigenvalue weighted by molar-refractivity contribution is -0.148. The second kappa shape index (κ2) is 8.52. The van der Waals surface area contributed by atoms with Crippen LogP contribution in [0.5, 0.6) is 5.75 Å². The van der Waals surface area contributed by atoms with E-state index in [1.807, 2.05) is 6.92 Å². The normalized spacial score (nSPS) is 10.1. The van der Waals surface area contributed by atoms with E-state index in [4.69, 9.17) is 21.1 Å². The number of methoxy groups -OCH3 is 1. The minimum Gasteiger partial charge on any atom is -0.496 e. The number of ether oxygens (including phenoxy) is 2. The molecule has 0 aliphatic heterocycles. The molecule has 0 saturated carbocycles. The molecule has 6 heteroatoms. The second-order valence-corrected chi connectivity index (χ2v) is 4.78. The molecule has 0 saturated heterocycles. The van der Waals surface area contributed by atoms with E-state index in [2.05, 4.69) is 0 Å². The van der Waals surface area contributed by atoms with Crippen molar-refractivity contribution in [2.75, 3.05) is 26.8 Å². The molecule has 0 aliphatic carbocycles. The van der Waals surface area contributed by atoms with Gasteiger partial charge in [-0.25, -0.2) is 0 Å². The summed E-state index contributed by atoms with van der Waals surface area (Å²) in [6, 6.07) is 5.10. The van der Waals surface area contributed by atoms with Gasteiger partial charge >= 0.3 is 5.97 Å². The maximum absolute atomic E-state index is 12.3. The van der Waals surface area contributed by atoms with Crippen molar-refractivity contribution in [1.29, 1.82) is 0 Å². The lowest BCUT2D eigenvalue weighted by Crippen LogP contribution is -2.37. The third-order valence-corrected chi connectivity index (χ3v) is 3.18. The highest BCUT2D eigenvalue weighted by atomic mass is 35.5. The summed E-state index contributed by atoms with van der Waals surface area (Å²) in [5, 5.41) is 0.534. The van der Waals surface area contributed by atoms with Crippen LogP contribution < -0.4 is 4.74 Å². The number of benzene rings is 1. The topological polar surface area (TPSA) is 55.8 Å². The summed E-state index contributed by atoms with van der Waals surface area (Å²) in [6.45, 7) is 4.22. The van der Waals surface area contributed by atoms with Gasteiger partial charge in [-0.1, -0.05) is 11.6 Å². The minimum atomic E-state index is -0.411. The first-order valence-electron chi connectivity index (χ1n) is 6.77. The van der Waals surface area contributed by atoms with Crippen LogP contribution in [0.1, 0.15) is 19.4 Å². The molecule has 116 valence electrons. The maximum Gasteiger partial charge on any atom is 0.325 e. The van der Waals surface area contributed by atoms with Crippen molar-refractivity contribution in [2.45, 2.75) is 20.3 Å². The molecule has 21 heavy (non-hydrogen) atoms. The number of hydrogen-bond acceptors (Lipinski definition) is 4. The van der Waals surface area contributed by atoms with Crippen LogP contribution in [-0.2, 0) is 20.7 Å². The number of likely N-dealkylation sites (N-methyl/N-ethyl adjacent to an activating group) is 1. The lowest BCUT2D eigenvalue weighted by atomic mass is 10.1. The van der Waals surface area contributed by atoms with Crippen LogP contribution in [0.2, 0.25) is 5.02 Å². The van der Waals surface area contributed by atoms with Crippen molar-refractivity contribution in [3.05, 3.63) is 28.8 Å². The van der Waals surface area contributed by atoms with Gasteiger partial charge in [0, 0.05) is 17.1 Å². The second-order valence-electron chi connectivity index (χ2n) is 4.35. The minimum absolute atomic E-state index is 0.0495. The first kappa shape index (κ1) is 17.3. The molecule has 1 aromatic carbocycles. The van der Waals surface area contributed by atoms with Crippen LogP contribution in [-0.4, -0.2) is 43.6 Å². The van der Waals surface area contributed by atoms with Crippen LogP contribution >= 0.6 is 11.6 Å². The monoisotopic (exact) mass is 313 g/mol. The van der Waals surface area contributed by atoms with Gasteiger partial charge in [-0.3, -0.25) is 9.59 Å². The number of rotatable bonds is 7. The Labute approximate surface area is 129 Å². The SMILES string of the molecule is CCOC(=O)CN(CC)C(=O)Cc1cc(Cl)ccc1OC. The molecule has 0 unspecified atom stereocenters. The molecule has 0 atom stereocenters. The fourth-order valence-corrected chi connectivity index (χ4v) is 2.09. The van der Waals surface area contributed by atoms with E-state index in [9.17, 15) is 9.59 Å². The summed E-state index contributed by atoms with van der Waals surface area (Å²) in [6.07, 6.45) is 0.122. The Morgan fingerprint density at radius 3 is 2.57 bits per heavy atom. The number of carbonyl (C=O) groups is 2. The molecule has 1 aromatic rings. The van der Waals surface area contributed by atoms with Gasteiger partial charge < -0.3 is 14.4 Å². The van der Waals surface area contributed by atoms with Crippen LogP contribution in [0.4, 0.5) is 0 Å². The Morgan fingerprint density at radius 1 is 1.29 bits per heavy atom. The van der Waals surface area contributed by atoms with Crippen molar-refractivity contribution >= 4 is 23.5 Å². The fourth-order valence-electron chi connectivity index (χ4n) is 1.90. The van der Waals surface area contributed by atoms with Gasteiger partial charge in [-0.15, -0.1) is 0 Å². The largest absolute Gasteiger partial charge is 0.496 e. The number of halogens is 1. The van der Waals surface area contributed by atoms with Crippen molar-refractivity contribution in [3.63, 3.8) is 0 Å². The van der Waals surface area contributed by atoms with Gasteiger partial charge in [0.05, 0.1) is 20.1 Å². The van der Waals surface area contributed by atoms with E-state index in [0.29, 0.717) is 29.5 Å². The zero-order valence-electron chi connectivity index (χ0n) is 12.5. The standard InChI is InChI=1S/C15H20ClNO4/c1-4-17(10-15(19)21-5-2)14(18)9-11-8-12(16)6-7-13(11)20-3/h6-8H,4-5,9-10H2,1-3H3. The molecule has 0 spiro atoms. The first-order chi connectivity index (χ1) is 10.0. The zero-order chi connectivity index (χ0) is 15.8. The van der Waals surface area contributed by atoms with Crippen molar-refractivity contribution in [1.82, 2.24) is 4.90 Å². The Hall–Kier alpha value is -1.75. The predicted molar refractivity (Wildman–Crippen MR) is 80.6 cm³/mol. The lowest BCUT2D eigenvalue weighted by Gasteiger charge is -2.20. The smallest absolute Gasteiger partial charge is 0.325 e. The van der Waals surface area contributed by atoms with E-state index in [1.54, 1.807) is 25.1 Å². The number of hydrogen-bond donors (Lipinski definition) is 0. The Kier molecular flexibility index (Phi) is 7.02. The molecule has 0 heterocycles. The molecule has 0 bridgehead atoms. The van der Waals surface area contributed by atoms with E-state index in [-0.39, 0.29) is 18.9 Å². The van der Waals surface area contributed by atoms with E-state index in [0.717, 1.165) is 0 Å². The van der Waals surface area contributed by atoms with E-state index >= 15 is 0 Å². The molecule has 0 radical (unpaired) electrons. The van der Waals surface area contributed by atoms with Crippen LogP contribution in [0.15, 0.2) is 18.2 Å². The van der Waals surface area contributed by atoms with E-state index in [1.165, 1.54) is 12.0 Å². The summed E-state index contributed by atoms with van der Waals surface area (Å²) >= 11 is 5.94. The van der Waals surface area contributed by atoms with Crippen molar-refractivity contribution in [2.24, 2.45) is 0 Å². The Balaban J connectivity index is 2.78. The van der Waals surface area contributed by atoms with Gasteiger partial charge in [0.2, 0.25) is 5.91 Å². The third-order valence-electron chi connectivity index (χ3n) is 2.94. The van der Waals surface area contributed by atoms with Crippen LogP contribution in [0, 0.1) is 0 Å². The highest BCUT2D eigenvalue weighted by molar-refractivity contribution is 6.30. The van der Waals surface area contributed by atoms with Gasteiger partial charge in [0.1, 0.15) is 12.3 Å². The molecule has 5 nitrogen and oxygen atoms in total. The van der Waals surface area contributed by atoms with Crippen LogP contribution in [0.3, 0.4) is 0 Å². The van der Waals surface area contributed by atoms with Gasteiger partial charge in [0.25, 0.3) is 0 Å².